The molecule has 0 saturated heterocycles. The summed E-state index contributed by atoms with van der Waals surface area (Å²) in [6.07, 6.45) is -2.95. The number of halogens is 4. The number of benzene rings is 1. The summed E-state index contributed by atoms with van der Waals surface area (Å²) in [4.78, 5) is 30.1. The maximum atomic E-state index is 13.6. The van der Waals surface area contributed by atoms with Crippen LogP contribution in [0.5, 0.6) is 0 Å². The number of carbonyl (C=O) groups is 2. The quantitative estimate of drug-likeness (QED) is 0.419. The standard InChI is InChI=1S/C24H30ClF3N4O4S/c1-16-11-29-20(21(34)30-12-18-5-7-19(25)8-6-18)32(16)13-17(2)31(15-33)14-23(9-10-23)37(35,36)22(3,4)24(26,27)28/h5-8,11,15,17H,9-10,12-14H2,1-4H3,(H,30,34). The zero-order valence-corrected chi connectivity index (χ0v) is 22.5. The van der Waals surface area contributed by atoms with Gasteiger partial charge < -0.3 is 14.8 Å². The normalized spacial score (nSPS) is 16.2. The van der Waals surface area contributed by atoms with Crippen molar-refractivity contribution in [1.82, 2.24) is 19.8 Å². The monoisotopic (exact) mass is 562 g/mol. The molecule has 1 saturated carbocycles. The molecule has 0 spiro atoms. The minimum absolute atomic E-state index is 0.0361. The first-order chi connectivity index (χ1) is 17.1. The smallest absolute Gasteiger partial charge is 0.345 e. The van der Waals surface area contributed by atoms with Crippen molar-refractivity contribution in [3.05, 3.63) is 52.6 Å². The summed E-state index contributed by atoms with van der Waals surface area (Å²) in [5, 5.41) is 3.34. The van der Waals surface area contributed by atoms with Gasteiger partial charge in [-0.2, -0.15) is 13.2 Å². The maximum Gasteiger partial charge on any atom is 0.407 e. The summed E-state index contributed by atoms with van der Waals surface area (Å²) in [6, 6.07) is 6.31. The zero-order chi connectivity index (χ0) is 27.8. The van der Waals surface area contributed by atoms with Crippen molar-refractivity contribution in [3.63, 3.8) is 0 Å². The van der Waals surface area contributed by atoms with E-state index in [2.05, 4.69) is 10.3 Å². The molecular weight excluding hydrogens is 533 g/mol. The van der Waals surface area contributed by atoms with Crippen LogP contribution in [0.25, 0.3) is 0 Å². The Hall–Kier alpha value is -2.60. The minimum atomic E-state index is -4.96. The number of aryl methyl sites for hydroxylation is 1. The van der Waals surface area contributed by atoms with E-state index in [0.717, 1.165) is 5.56 Å². The van der Waals surface area contributed by atoms with Crippen LogP contribution < -0.4 is 5.32 Å². The lowest BCUT2D eigenvalue weighted by molar-refractivity contribution is -0.153. The lowest BCUT2D eigenvalue weighted by Gasteiger charge is -2.35. The van der Waals surface area contributed by atoms with E-state index in [-0.39, 0.29) is 38.3 Å². The van der Waals surface area contributed by atoms with E-state index >= 15 is 0 Å². The van der Waals surface area contributed by atoms with E-state index in [9.17, 15) is 31.2 Å². The molecule has 1 fully saturated rings. The van der Waals surface area contributed by atoms with Crippen LogP contribution in [0.4, 0.5) is 13.2 Å². The number of hydrogen-bond acceptors (Lipinski definition) is 5. The molecule has 204 valence electrons. The largest absolute Gasteiger partial charge is 0.407 e. The van der Waals surface area contributed by atoms with Gasteiger partial charge in [-0.1, -0.05) is 23.7 Å². The lowest BCUT2D eigenvalue weighted by atomic mass is 10.2. The van der Waals surface area contributed by atoms with Crippen LogP contribution in [0.15, 0.2) is 30.5 Å². The number of nitrogens with one attached hydrogen (secondary N) is 1. The topological polar surface area (TPSA) is 101 Å². The van der Waals surface area contributed by atoms with Crippen LogP contribution in [0.1, 0.15) is 55.5 Å². The van der Waals surface area contributed by atoms with Crippen molar-refractivity contribution in [2.24, 2.45) is 0 Å². The van der Waals surface area contributed by atoms with E-state index in [1.807, 2.05) is 0 Å². The molecule has 1 aromatic carbocycles. The van der Waals surface area contributed by atoms with E-state index in [1.165, 1.54) is 11.1 Å². The molecule has 1 aromatic heterocycles. The number of aromatic nitrogens is 2. The zero-order valence-electron chi connectivity index (χ0n) is 21.0. The number of alkyl halides is 3. The number of imidazole rings is 1. The Kier molecular flexibility index (Phi) is 8.05. The molecular formula is C24H30ClF3N4O4S. The molecule has 1 aliphatic rings. The second-order valence-corrected chi connectivity index (χ2v) is 13.3. The van der Waals surface area contributed by atoms with Crippen LogP contribution in [-0.2, 0) is 27.7 Å². The van der Waals surface area contributed by atoms with Crippen molar-refractivity contribution in [1.29, 1.82) is 0 Å². The Morgan fingerprint density at radius 2 is 1.86 bits per heavy atom. The van der Waals surface area contributed by atoms with Gasteiger partial charge in [-0.3, -0.25) is 9.59 Å². The Bertz CT molecular complexity index is 1260. The molecule has 1 heterocycles. The molecule has 0 bridgehead atoms. The SMILES string of the molecule is Cc1cnc(C(=O)NCc2ccc(Cl)cc2)n1CC(C)N(C=O)CC1(S(=O)(=O)C(C)(C)C(F)(F)F)CC1. The van der Waals surface area contributed by atoms with Crippen molar-refractivity contribution in [2.75, 3.05) is 6.54 Å². The van der Waals surface area contributed by atoms with Gasteiger partial charge in [0.15, 0.2) is 20.4 Å². The molecule has 3 rings (SSSR count). The maximum absolute atomic E-state index is 13.6. The molecule has 37 heavy (non-hydrogen) atoms. The van der Waals surface area contributed by atoms with Gasteiger partial charge in [-0.25, -0.2) is 13.4 Å². The number of sulfone groups is 1. The van der Waals surface area contributed by atoms with Crippen molar-refractivity contribution < 1.29 is 31.2 Å². The van der Waals surface area contributed by atoms with Gasteiger partial charge in [-0.15, -0.1) is 0 Å². The minimum Gasteiger partial charge on any atom is -0.345 e. The first-order valence-electron chi connectivity index (χ1n) is 11.6. The Morgan fingerprint density at radius 1 is 1.27 bits per heavy atom. The highest BCUT2D eigenvalue weighted by Gasteiger charge is 2.68. The van der Waals surface area contributed by atoms with E-state index < -0.39 is 37.5 Å². The second kappa shape index (κ2) is 10.3. The van der Waals surface area contributed by atoms with Gasteiger partial charge in [0.05, 0.1) is 4.75 Å². The fourth-order valence-corrected chi connectivity index (χ4v) is 6.55. The molecule has 1 atom stereocenters. The average Bonchev–Trinajstić information content (AvgIpc) is 3.53. The first kappa shape index (κ1) is 29.0. The molecule has 13 heteroatoms. The van der Waals surface area contributed by atoms with Gasteiger partial charge in [0.25, 0.3) is 5.91 Å². The molecule has 1 aliphatic carbocycles. The van der Waals surface area contributed by atoms with Crippen LogP contribution in [0, 0.1) is 6.92 Å². The summed E-state index contributed by atoms with van der Waals surface area (Å²) < 4.78 is 63.7. The molecule has 8 nitrogen and oxygen atoms in total. The third-order valence-electron chi connectivity index (χ3n) is 6.98. The Balaban J connectivity index is 1.74. The predicted octanol–water partition coefficient (Wildman–Crippen LogP) is 3.91. The number of hydrogen-bond donors (Lipinski definition) is 1. The number of carbonyl (C=O) groups excluding carboxylic acids is 2. The number of nitrogens with zero attached hydrogens (tertiary/aromatic N) is 3. The van der Waals surface area contributed by atoms with Crippen LogP contribution in [0.2, 0.25) is 5.02 Å². The molecule has 1 N–H and O–H groups in total. The Labute approximate surface area is 219 Å². The van der Waals surface area contributed by atoms with Gasteiger partial charge in [0, 0.05) is 42.6 Å². The highest BCUT2D eigenvalue weighted by Crippen LogP contribution is 2.52. The molecule has 0 aliphatic heterocycles. The van der Waals surface area contributed by atoms with Crippen molar-refractivity contribution in [3.8, 4) is 0 Å². The molecule has 2 amide bonds. The summed E-state index contributed by atoms with van der Waals surface area (Å²) in [5.74, 6) is -0.364. The van der Waals surface area contributed by atoms with Gasteiger partial charge >= 0.3 is 6.18 Å². The van der Waals surface area contributed by atoms with E-state index in [4.69, 9.17) is 11.6 Å². The molecule has 0 radical (unpaired) electrons. The van der Waals surface area contributed by atoms with Gasteiger partial charge in [-0.05, 0) is 58.2 Å². The van der Waals surface area contributed by atoms with Crippen LogP contribution in [-0.4, -0.2) is 63.4 Å². The predicted molar refractivity (Wildman–Crippen MR) is 133 cm³/mol. The third kappa shape index (κ3) is 5.64. The second-order valence-electron chi connectivity index (χ2n) is 9.96. The van der Waals surface area contributed by atoms with Crippen molar-refractivity contribution >= 4 is 33.8 Å². The van der Waals surface area contributed by atoms with Gasteiger partial charge in [0.1, 0.15) is 0 Å². The lowest BCUT2D eigenvalue weighted by Crippen LogP contribution is -2.55. The van der Waals surface area contributed by atoms with E-state index in [0.29, 0.717) is 31.0 Å². The first-order valence-corrected chi connectivity index (χ1v) is 13.5. The fourth-order valence-electron chi connectivity index (χ4n) is 4.08. The average molecular weight is 563 g/mol. The summed E-state index contributed by atoms with van der Waals surface area (Å²) in [5.41, 5.74) is 1.45. The molecule has 2 aromatic rings. The Morgan fingerprint density at radius 3 is 2.38 bits per heavy atom. The number of amides is 2. The van der Waals surface area contributed by atoms with Crippen molar-refractivity contribution in [2.45, 2.75) is 75.3 Å². The van der Waals surface area contributed by atoms with Crippen LogP contribution in [0.3, 0.4) is 0 Å². The fraction of sp³-hybridized carbons (Fsp3) is 0.542. The van der Waals surface area contributed by atoms with Gasteiger partial charge in [0.2, 0.25) is 6.41 Å². The highest BCUT2D eigenvalue weighted by molar-refractivity contribution is 7.94. The number of rotatable bonds is 11. The molecule has 1 unspecified atom stereocenters. The summed E-state index contributed by atoms with van der Waals surface area (Å²) >= 11 is 5.88. The third-order valence-corrected chi connectivity index (χ3v) is 10.5. The summed E-state index contributed by atoms with van der Waals surface area (Å²) in [7, 11) is -4.67. The highest BCUT2D eigenvalue weighted by atomic mass is 35.5. The van der Waals surface area contributed by atoms with E-state index in [1.54, 1.807) is 42.7 Å². The summed E-state index contributed by atoms with van der Waals surface area (Å²) in [6.45, 7) is 4.62. The van der Waals surface area contributed by atoms with Crippen LogP contribution >= 0.6 is 11.6 Å².